The second kappa shape index (κ2) is 9.23. The van der Waals surface area contributed by atoms with Gasteiger partial charge in [-0.05, 0) is 63.5 Å². The van der Waals surface area contributed by atoms with Crippen LogP contribution in [0.25, 0.3) is 0 Å². The quantitative estimate of drug-likeness (QED) is 0.313. The number of halogens is 1. The molecule has 24 heavy (non-hydrogen) atoms. The third-order valence-corrected chi connectivity index (χ3v) is 11.7. The number of benzene rings is 1. The van der Waals surface area contributed by atoms with Crippen LogP contribution < -0.4 is 14.8 Å². The summed E-state index contributed by atoms with van der Waals surface area (Å²) in [6.07, 6.45) is 10.6. The molecule has 2 fully saturated rings. The van der Waals surface area contributed by atoms with Crippen molar-refractivity contribution in [3.8, 4) is 11.5 Å². The Hall–Kier alpha value is 0.202. The number of hydrogen-bond donors (Lipinski definition) is 0. The Kier molecular flexibility index (Phi) is 7.89. The van der Waals surface area contributed by atoms with Gasteiger partial charge in [0.1, 0.15) is 11.1 Å². The summed E-state index contributed by atoms with van der Waals surface area (Å²) in [5.74, 6) is 1.91. The first-order valence-corrected chi connectivity index (χ1v) is 11.2. The Labute approximate surface area is 166 Å². The Balaban J connectivity index is 0.00000208. The Morgan fingerprint density at radius 2 is 1.50 bits per heavy atom. The minimum absolute atomic E-state index is 0. The summed E-state index contributed by atoms with van der Waals surface area (Å²) in [5.41, 5.74) is 3.55. The van der Waals surface area contributed by atoms with Crippen molar-refractivity contribution >= 4 is 24.2 Å². The molecule has 1 aromatic carbocycles. The molecule has 138 valence electrons. The van der Waals surface area contributed by atoms with Crippen LogP contribution in [-0.4, -0.2) is 25.5 Å². The molecule has 0 amide bonds. The van der Waals surface area contributed by atoms with Gasteiger partial charge >= 0.3 is 0 Å². The fourth-order valence-corrected chi connectivity index (χ4v) is 11.1. The number of rotatable bonds is 6. The van der Waals surface area contributed by atoms with Gasteiger partial charge in [0.25, 0.3) is 0 Å². The molecule has 2 aliphatic rings. The molecule has 3 rings (SSSR count). The van der Waals surface area contributed by atoms with E-state index < -0.39 is 7.26 Å². The predicted octanol–water partition coefficient (Wildman–Crippen LogP) is 5.59. The Morgan fingerprint density at radius 3 is 1.92 bits per heavy atom. The monoisotopic (exact) mass is 460 g/mol. The van der Waals surface area contributed by atoms with Gasteiger partial charge in [0, 0.05) is 37.8 Å². The number of ether oxygens (including phenoxy) is 2. The molecule has 0 radical (unpaired) electrons. The average Bonchev–Trinajstić information content (AvgIpc) is 3.30. The number of methoxy groups -OCH3 is 2. The van der Waals surface area contributed by atoms with Gasteiger partial charge in [-0.1, -0.05) is 12.9 Å². The summed E-state index contributed by atoms with van der Waals surface area (Å²) < 4.78 is 11.3. The molecule has 0 heterocycles. The van der Waals surface area contributed by atoms with Gasteiger partial charge in [-0.15, -0.1) is 0 Å². The van der Waals surface area contributed by atoms with Gasteiger partial charge in [0.2, 0.25) is 0 Å². The van der Waals surface area contributed by atoms with Crippen molar-refractivity contribution in [2.45, 2.75) is 62.7 Å². The van der Waals surface area contributed by atoms with E-state index in [0.717, 1.165) is 22.8 Å². The van der Waals surface area contributed by atoms with Gasteiger partial charge in [0.05, 0.1) is 14.2 Å². The molecule has 0 atom stereocenters. The maximum absolute atomic E-state index is 6.67. The van der Waals surface area contributed by atoms with Gasteiger partial charge in [-0.2, -0.15) is 0 Å². The first-order chi connectivity index (χ1) is 11.3. The molecule has 1 aromatic rings. The third-order valence-electron chi connectivity index (χ3n) is 5.82. The largest absolute Gasteiger partial charge is 0.497 e. The maximum atomic E-state index is 6.67. The summed E-state index contributed by atoms with van der Waals surface area (Å²) >= 11 is 6.67. The van der Waals surface area contributed by atoms with Crippen molar-refractivity contribution in [1.29, 1.82) is 0 Å². The van der Waals surface area contributed by atoms with Crippen molar-refractivity contribution in [1.82, 2.24) is 0 Å². The van der Waals surface area contributed by atoms with Crippen LogP contribution in [0.5, 0.6) is 11.5 Å². The summed E-state index contributed by atoms with van der Waals surface area (Å²) in [4.78, 5) is 0. The zero-order chi connectivity index (χ0) is 16.3. The average molecular weight is 461 g/mol. The molecular weight excluding hydrogens is 433 g/mol. The van der Waals surface area contributed by atoms with E-state index in [1.165, 1.54) is 56.7 Å². The van der Waals surface area contributed by atoms with Crippen LogP contribution in [0.15, 0.2) is 18.2 Å². The minimum atomic E-state index is -1.58. The molecule has 0 aliphatic heterocycles. The normalized spacial score (nSPS) is 19.3. The second-order valence-electron chi connectivity index (χ2n) is 6.85. The molecule has 2 nitrogen and oxygen atoms in total. The molecule has 0 unspecified atom stereocenters. The van der Waals surface area contributed by atoms with Crippen LogP contribution in [0, 0.1) is 5.62 Å². The van der Waals surface area contributed by atoms with Gasteiger partial charge in [-0.25, -0.2) is 0 Å². The van der Waals surface area contributed by atoms with Crippen LogP contribution in [0.3, 0.4) is 0 Å². The van der Waals surface area contributed by atoms with E-state index in [4.69, 9.17) is 21.1 Å². The second-order valence-corrected chi connectivity index (χ2v) is 11.2. The van der Waals surface area contributed by atoms with Crippen molar-refractivity contribution in [2.24, 2.45) is 0 Å². The summed E-state index contributed by atoms with van der Waals surface area (Å²) in [6, 6.07) is 6.27. The van der Waals surface area contributed by atoms with E-state index >= 15 is 0 Å². The zero-order valence-corrected chi connectivity index (χ0v) is 17.8. The first kappa shape index (κ1) is 20.5. The SMILES string of the molecule is COc1ccc(OC)c([P+]([CH-]Cl)(C2CCCC2)C2CCCC2)c1.[Pd]. The molecule has 2 saturated carbocycles. The minimum Gasteiger partial charge on any atom is -0.497 e. The van der Waals surface area contributed by atoms with Crippen LogP contribution in [0.1, 0.15) is 51.4 Å². The molecular formula is C19H28ClO2PPd. The van der Waals surface area contributed by atoms with Crippen molar-refractivity contribution < 1.29 is 29.9 Å². The molecule has 2 aliphatic carbocycles. The molecule has 0 bridgehead atoms. The number of hydrogen-bond acceptors (Lipinski definition) is 2. The van der Waals surface area contributed by atoms with Gasteiger partial charge < -0.3 is 21.1 Å². The smallest absolute Gasteiger partial charge is 0.158 e. The van der Waals surface area contributed by atoms with E-state index in [1.54, 1.807) is 14.2 Å². The summed E-state index contributed by atoms with van der Waals surface area (Å²) in [6.45, 7) is 0. The van der Waals surface area contributed by atoms with Crippen molar-refractivity contribution in [2.75, 3.05) is 14.2 Å². The maximum Gasteiger partial charge on any atom is 0.158 e. The fourth-order valence-electron chi connectivity index (χ4n) is 4.67. The van der Waals surface area contributed by atoms with Crippen molar-refractivity contribution in [3.05, 3.63) is 23.8 Å². The van der Waals surface area contributed by atoms with Crippen LogP contribution >= 0.6 is 18.9 Å². The topological polar surface area (TPSA) is 18.5 Å². The summed E-state index contributed by atoms with van der Waals surface area (Å²) in [5, 5.41) is 1.34. The van der Waals surface area contributed by atoms with E-state index in [-0.39, 0.29) is 20.4 Å². The molecule has 0 N–H and O–H groups in total. The Bertz CT molecular complexity index is 512. The van der Waals surface area contributed by atoms with Gasteiger partial charge in [-0.3, -0.25) is 0 Å². The predicted molar refractivity (Wildman–Crippen MR) is 101 cm³/mol. The fraction of sp³-hybridized carbons (Fsp3) is 0.632. The zero-order valence-electron chi connectivity index (χ0n) is 14.6. The van der Waals surface area contributed by atoms with E-state index in [0.29, 0.717) is 0 Å². The molecule has 0 aromatic heterocycles. The van der Waals surface area contributed by atoms with Crippen LogP contribution in [-0.2, 0) is 20.4 Å². The first-order valence-electron chi connectivity index (χ1n) is 8.81. The molecule has 0 saturated heterocycles. The third kappa shape index (κ3) is 3.66. The van der Waals surface area contributed by atoms with E-state index in [9.17, 15) is 0 Å². The van der Waals surface area contributed by atoms with E-state index in [2.05, 4.69) is 17.8 Å². The van der Waals surface area contributed by atoms with Gasteiger partial charge in [0.15, 0.2) is 5.75 Å². The summed E-state index contributed by atoms with van der Waals surface area (Å²) in [7, 11) is 1.93. The Morgan fingerprint density at radius 1 is 0.958 bits per heavy atom. The molecule has 5 heteroatoms. The van der Waals surface area contributed by atoms with Crippen molar-refractivity contribution in [3.63, 3.8) is 0 Å². The van der Waals surface area contributed by atoms with E-state index in [1.807, 2.05) is 6.07 Å². The molecule has 0 spiro atoms. The van der Waals surface area contributed by atoms with Crippen LogP contribution in [0.4, 0.5) is 0 Å². The van der Waals surface area contributed by atoms with Crippen LogP contribution in [0.2, 0.25) is 0 Å². The standard InChI is InChI=1S/C19H28ClO2P.Pd/c1-21-15-11-12-18(22-2)19(13-15)23(14-20,16-7-3-4-8-16)17-9-5-6-10-17;/h11-14,16-17H,3-10H2,1-2H3;.